The summed E-state index contributed by atoms with van der Waals surface area (Å²) in [6.45, 7) is 0. The van der Waals surface area contributed by atoms with E-state index in [0.717, 1.165) is 39.6 Å². The third kappa shape index (κ3) is 5.60. The first kappa shape index (κ1) is 25.2. The lowest BCUT2D eigenvalue weighted by Crippen LogP contribution is -2.13. The van der Waals surface area contributed by atoms with E-state index in [4.69, 9.17) is 4.74 Å². The molecule has 0 aliphatic heterocycles. The van der Waals surface area contributed by atoms with Gasteiger partial charge < -0.3 is 14.6 Å². The van der Waals surface area contributed by atoms with E-state index in [1.54, 1.807) is 55.9 Å². The Morgan fingerprint density at radius 1 is 0.921 bits per heavy atom. The van der Waals surface area contributed by atoms with Gasteiger partial charge in [0.05, 0.1) is 17.5 Å². The number of nitrogens with zero attached hydrogens (tertiary/aromatic N) is 4. The second-order valence-electron chi connectivity index (χ2n) is 9.04. The Kier molecular flexibility index (Phi) is 6.97. The maximum Gasteiger partial charge on any atom is 0.261 e. The SMILES string of the molecule is COc1ccnc(CCc2nc3ncc(-c4ccc(S(=O)(=O)Nc5ccc(N(C)C)cc5)cc4)cc3[nH]2)c1. The first-order chi connectivity index (χ1) is 18.3. The number of sulfonamides is 1. The molecule has 2 aromatic carbocycles. The Hall–Kier alpha value is -4.44. The summed E-state index contributed by atoms with van der Waals surface area (Å²) in [4.78, 5) is 18.9. The zero-order valence-corrected chi connectivity index (χ0v) is 22.2. The highest BCUT2D eigenvalue weighted by Crippen LogP contribution is 2.25. The Morgan fingerprint density at radius 2 is 1.68 bits per heavy atom. The Morgan fingerprint density at radius 3 is 2.39 bits per heavy atom. The van der Waals surface area contributed by atoms with E-state index < -0.39 is 10.0 Å². The first-order valence-corrected chi connectivity index (χ1v) is 13.5. The maximum atomic E-state index is 12.9. The minimum absolute atomic E-state index is 0.182. The third-order valence-corrected chi connectivity index (χ3v) is 7.56. The zero-order valence-electron chi connectivity index (χ0n) is 21.3. The minimum Gasteiger partial charge on any atom is -0.497 e. The fourth-order valence-corrected chi connectivity index (χ4v) is 5.12. The minimum atomic E-state index is -3.72. The molecule has 0 aliphatic carbocycles. The van der Waals surface area contributed by atoms with Gasteiger partial charge in [-0.15, -0.1) is 0 Å². The average molecular weight is 529 g/mol. The maximum absolute atomic E-state index is 12.9. The molecule has 0 aliphatic rings. The molecule has 0 atom stereocenters. The fraction of sp³-hybridized carbons (Fsp3) is 0.179. The average Bonchev–Trinajstić information content (AvgIpc) is 3.34. The van der Waals surface area contributed by atoms with Crippen molar-refractivity contribution < 1.29 is 13.2 Å². The predicted molar refractivity (Wildman–Crippen MR) is 149 cm³/mol. The summed E-state index contributed by atoms with van der Waals surface area (Å²) >= 11 is 0. The van der Waals surface area contributed by atoms with E-state index in [2.05, 4.69) is 24.7 Å². The summed E-state index contributed by atoms with van der Waals surface area (Å²) in [5, 5.41) is 0. The molecule has 2 N–H and O–H groups in total. The van der Waals surface area contributed by atoms with Crippen LogP contribution in [0, 0.1) is 0 Å². The van der Waals surface area contributed by atoms with Crippen LogP contribution in [0.1, 0.15) is 11.5 Å². The van der Waals surface area contributed by atoms with E-state index in [-0.39, 0.29) is 4.90 Å². The number of benzene rings is 2. The van der Waals surface area contributed by atoms with E-state index in [1.165, 1.54) is 0 Å². The van der Waals surface area contributed by atoms with Gasteiger partial charge in [-0.25, -0.2) is 18.4 Å². The molecular weight excluding hydrogens is 500 g/mol. The van der Waals surface area contributed by atoms with Gasteiger partial charge >= 0.3 is 0 Å². The standard InChI is InChI=1S/C28H28N6O3S/c1-34(2)23-9-6-21(7-10-23)33-38(35,36)25-11-4-19(5-12-25)20-16-26-28(30-18-20)32-27(31-26)13-8-22-17-24(37-3)14-15-29-22/h4-7,9-12,14-18,33H,8,13H2,1-3H3,(H,30,31,32). The molecule has 10 heteroatoms. The van der Waals surface area contributed by atoms with Crippen molar-refractivity contribution in [3.63, 3.8) is 0 Å². The van der Waals surface area contributed by atoms with Crippen molar-refractivity contribution >= 4 is 32.6 Å². The first-order valence-electron chi connectivity index (χ1n) is 12.0. The van der Waals surface area contributed by atoms with Crippen LogP contribution in [-0.4, -0.2) is 49.6 Å². The molecule has 0 saturated carbocycles. The molecule has 3 heterocycles. The quantitative estimate of drug-likeness (QED) is 0.286. The number of aromatic nitrogens is 4. The second kappa shape index (κ2) is 10.5. The largest absolute Gasteiger partial charge is 0.497 e. The van der Waals surface area contributed by atoms with Crippen LogP contribution < -0.4 is 14.4 Å². The van der Waals surface area contributed by atoms with Crippen molar-refractivity contribution in [3.8, 4) is 16.9 Å². The van der Waals surface area contributed by atoms with Crippen LogP contribution in [0.2, 0.25) is 0 Å². The molecule has 0 saturated heterocycles. The fourth-order valence-electron chi connectivity index (χ4n) is 4.06. The second-order valence-corrected chi connectivity index (χ2v) is 10.7. The number of rotatable bonds is 9. The molecular formula is C28H28N6O3S. The normalized spacial score (nSPS) is 11.4. The van der Waals surface area contributed by atoms with Gasteiger partial charge in [-0.05, 0) is 60.5 Å². The van der Waals surface area contributed by atoms with Crippen LogP contribution in [0.3, 0.4) is 0 Å². The number of H-pyrrole nitrogens is 1. The summed E-state index contributed by atoms with van der Waals surface area (Å²) in [6, 6.07) is 19.7. The van der Waals surface area contributed by atoms with Crippen molar-refractivity contribution in [2.45, 2.75) is 17.7 Å². The number of nitrogens with one attached hydrogen (secondary N) is 2. The van der Waals surface area contributed by atoms with E-state index >= 15 is 0 Å². The number of hydrogen-bond donors (Lipinski definition) is 2. The molecule has 9 nitrogen and oxygen atoms in total. The molecule has 3 aromatic heterocycles. The number of imidazole rings is 1. The number of ether oxygens (including phenoxy) is 1. The lowest BCUT2D eigenvalue weighted by atomic mass is 10.1. The van der Waals surface area contributed by atoms with Crippen LogP contribution in [-0.2, 0) is 22.9 Å². The van der Waals surface area contributed by atoms with E-state index in [1.807, 2.05) is 49.3 Å². The predicted octanol–water partition coefficient (Wildman–Crippen LogP) is 4.68. The van der Waals surface area contributed by atoms with Crippen molar-refractivity contribution in [1.29, 1.82) is 0 Å². The molecule has 0 unspecified atom stereocenters. The molecule has 0 bridgehead atoms. The topological polar surface area (TPSA) is 113 Å². The van der Waals surface area contributed by atoms with Gasteiger partial charge in [0.2, 0.25) is 0 Å². The van der Waals surface area contributed by atoms with Crippen molar-refractivity contribution in [2.24, 2.45) is 0 Å². The molecule has 0 fully saturated rings. The van der Waals surface area contributed by atoms with E-state index in [9.17, 15) is 8.42 Å². The highest BCUT2D eigenvalue weighted by atomic mass is 32.2. The summed E-state index contributed by atoms with van der Waals surface area (Å²) in [5.74, 6) is 1.60. The number of pyridine rings is 2. The molecule has 38 heavy (non-hydrogen) atoms. The van der Waals surface area contributed by atoms with E-state index in [0.29, 0.717) is 24.2 Å². The molecule has 0 amide bonds. The van der Waals surface area contributed by atoms with Crippen LogP contribution in [0.25, 0.3) is 22.3 Å². The van der Waals surface area contributed by atoms with Crippen molar-refractivity contribution in [2.75, 3.05) is 30.8 Å². The van der Waals surface area contributed by atoms with Crippen molar-refractivity contribution in [3.05, 3.63) is 90.6 Å². The molecule has 194 valence electrons. The lowest BCUT2D eigenvalue weighted by Gasteiger charge is -2.13. The number of anilines is 2. The lowest BCUT2D eigenvalue weighted by molar-refractivity contribution is 0.413. The summed E-state index contributed by atoms with van der Waals surface area (Å²) in [7, 11) is 1.78. The van der Waals surface area contributed by atoms with Crippen LogP contribution >= 0.6 is 0 Å². The Bertz CT molecular complexity index is 1660. The number of aromatic amines is 1. The van der Waals surface area contributed by atoms with Gasteiger partial charge in [-0.3, -0.25) is 9.71 Å². The number of methoxy groups -OCH3 is 1. The highest BCUT2D eigenvalue weighted by molar-refractivity contribution is 7.92. The third-order valence-electron chi connectivity index (χ3n) is 6.16. The molecule has 5 aromatic rings. The van der Waals surface area contributed by atoms with Crippen LogP contribution in [0.15, 0.2) is 84.0 Å². The monoisotopic (exact) mass is 528 g/mol. The zero-order chi connectivity index (χ0) is 26.7. The van der Waals surface area contributed by atoms with Crippen LogP contribution in [0.4, 0.5) is 11.4 Å². The summed E-state index contributed by atoms with van der Waals surface area (Å²) < 4.78 is 33.7. The Balaban J connectivity index is 1.29. The Labute approximate surface area is 221 Å². The van der Waals surface area contributed by atoms with Crippen LogP contribution in [0.5, 0.6) is 5.75 Å². The molecule has 0 radical (unpaired) electrons. The van der Waals surface area contributed by atoms with Gasteiger partial charge in [0.25, 0.3) is 10.0 Å². The van der Waals surface area contributed by atoms with Gasteiger partial charge in [0.1, 0.15) is 11.6 Å². The van der Waals surface area contributed by atoms with Gasteiger partial charge in [-0.2, -0.15) is 0 Å². The molecule has 5 rings (SSSR count). The number of aryl methyl sites for hydroxylation is 2. The van der Waals surface area contributed by atoms with Crippen molar-refractivity contribution in [1.82, 2.24) is 19.9 Å². The highest BCUT2D eigenvalue weighted by Gasteiger charge is 2.15. The summed E-state index contributed by atoms with van der Waals surface area (Å²) in [6.07, 6.45) is 4.87. The number of fused-ring (bicyclic) bond motifs is 1. The number of hydrogen-bond acceptors (Lipinski definition) is 7. The van der Waals surface area contributed by atoms with Gasteiger partial charge in [0, 0.05) is 61.6 Å². The van der Waals surface area contributed by atoms with Gasteiger partial charge in [-0.1, -0.05) is 12.1 Å². The smallest absolute Gasteiger partial charge is 0.261 e. The summed E-state index contributed by atoms with van der Waals surface area (Å²) in [5.41, 5.74) is 5.58. The van der Waals surface area contributed by atoms with Gasteiger partial charge in [0.15, 0.2) is 5.65 Å². The molecule has 0 spiro atoms.